The average Bonchev–Trinajstić information content (AvgIpc) is 3.28. The third kappa shape index (κ3) is 4.16. The van der Waals surface area contributed by atoms with Crippen LogP contribution in [0.25, 0.3) is 21.1 Å². The number of carbonyl (C=O) groups excluding carboxylic acids is 1. The molecule has 4 rings (SSSR count). The highest BCUT2D eigenvalue weighted by Gasteiger charge is 2.23. The Morgan fingerprint density at radius 3 is 2.68 bits per heavy atom. The Labute approximate surface area is 190 Å². The van der Waals surface area contributed by atoms with Crippen LogP contribution in [0.1, 0.15) is 43.4 Å². The van der Waals surface area contributed by atoms with Gasteiger partial charge < -0.3 is 4.72 Å². The van der Waals surface area contributed by atoms with Crippen LogP contribution in [0.5, 0.6) is 0 Å². The number of thiophene rings is 1. The largest absolute Gasteiger partial charge is 0.329 e. The molecular formula is C24H27N3O2S2. The first kappa shape index (κ1) is 21.7. The SMILES string of the molecule is CCCC(CC(=O)NSC)n1c(=O)n(Cc2csc3cccc(C)c23)c2ccccc21. The Bertz CT molecular complexity index is 1290. The van der Waals surface area contributed by atoms with Gasteiger partial charge in [-0.25, -0.2) is 4.79 Å². The van der Waals surface area contributed by atoms with E-state index in [0.29, 0.717) is 13.0 Å². The number of hydrogen-bond acceptors (Lipinski definition) is 4. The maximum Gasteiger partial charge on any atom is 0.329 e. The molecule has 1 unspecified atom stereocenters. The minimum absolute atomic E-state index is 0.0471. The van der Waals surface area contributed by atoms with Crippen LogP contribution >= 0.6 is 23.3 Å². The van der Waals surface area contributed by atoms with Crippen molar-refractivity contribution in [1.82, 2.24) is 13.9 Å². The molecule has 0 saturated carbocycles. The molecule has 0 fully saturated rings. The van der Waals surface area contributed by atoms with Gasteiger partial charge >= 0.3 is 5.69 Å². The fourth-order valence-corrected chi connectivity index (χ4v) is 5.73. The van der Waals surface area contributed by atoms with Crippen molar-refractivity contribution >= 4 is 50.3 Å². The van der Waals surface area contributed by atoms with Crippen molar-refractivity contribution in [2.75, 3.05) is 6.26 Å². The number of aryl methyl sites for hydroxylation is 1. The Kier molecular flexibility index (Phi) is 6.53. The molecule has 0 bridgehead atoms. The van der Waals surface area contributed by atoms with Gasteiger partial charge in [-0.1, -0.05) is 49.6 Å². The maximum absolute atomic E-state index is 13.7. The second-order valence-corrected chi connectivity index (χ2v) is 9.34. The quantitative estimate of drug-likeness (QED) is 0.358. The molecule has 1 amide bonds. The van der Waals surface area contributed by atoms with Crippen LogP contribution in [0, 0.1) is 6.92 Å². The number of carbonyl (C=O) groups is 1. The fraction of sp³-hybridized carbons (Fsp3) is 0.333. The van der Waals surface area contributed by atoms with Crippen molar-refractivity contribution in [1.29, 1.82) is 0 Å². The van der Waals surface area contributed by atoms with Gasteiger partial charge in [0, 0.05) is 28.8 Å². The number of nitrogens with one attached hydrogen (secondary N) is 1. The van der Waals surface area contributed by atoms with E-state index in [-0.39, 0.29) is 17.6 Å². The van der Waals surface area contributed by atoms with Gasteiger partial charge in [0.15, 0.2) is 0 Å². The van der Waals surface area contributed by atoms with Crippen LogP contribution in [-0.4, -0.2) is 21.3 Å². The molecule has 0 aliphatic rings. The van der Waals surface area contributed by atoms with Gasteiger partial charge in [0.1, 0.15) is 0 Å². The third-order valence-corrected chi connectivity index (χ3v) is 7.13. The molecule has 0 spiro atoms. The standard InChI is InChI=1S/C24H27N3O2S2/c1-4-8-18(13-22(28)25-30-3)27-20-11-6-5-10-19(20)26(24(27)29)14-17-15-31-21-12-7-9-16(2)23(17)21/h5-7,9-12,15,18H,4,8,13-14H2,1-3H3,(H,25,28). The minimum Gasteiger partial charge on any atom is -0.300 e. The normalized spacial score (nSPS) is 12.5. The number of para-hydroxylation sites is 2. The number of fused-ring (bicyclic) bond motifs is 2. The van der Waals surface area contributed by atoms with Crippen LogP contribution in [0.2, 0.25) is 0 Å². The Hall–Kier alpha value is -2.51. The minimum atomic E-state index is -0.170. The molecule has 2 aromatic heterocycles. The van der Waals surface area contributed by atoms with Gasteiger partial charge in [-0.05, 0) is 48.1 Å². The molecule has 31 heavy (non-hydrogen) atoms. The molecular weight excluding hydrogens is 426 g/mol. The first-order valence-corrected chi connectivity index (χ1v) is 12.6. The van der Waals surface area contributed by atoms with Crippen LogP contribution in [-0.2, 0) is 11.3 Å². The van der Waals surface area contributed by atoms with E-state index in [1.807, 2.05) is 39.7 Å². The summed E-state index contributed by atoms with van der Waals surface area (Å²) in [5.74, 6) is -0.0471. The molecule has 0 aliphatic carbocycles. The lowest BCUT2D eigenvalue weighted by molar-refractivity contribution is -0.120. The zero-order valence-corrected chi connectivity index (χ0v) is 19.7. The highest BCUT2D eigenvalue weighted by atomic mass is 32.2. The number of amides is 1. The van der Waals surface area contributed by atoms with Gasteiger partial charge in [-0.15, -0.1) is 11.3 Å². The molecule has 1 N–H and O–H groups in total. The molecule has 0 saturated heterocycles. The number of benzene rings is 2. The molecule has 5 nitrogen and oxygen atoms in total. The van der Waals surface area contributed by atoms with Gasteiger partial charge in [-0.3, -0.25) is 13.9 Å². The molecule has 4 aromatic rings. The van der Waals surface area contributed by atoms with Crippen molar-refractivity contribution in [3.63, 3.8) is 0 Å². The summed E-state index contributed by atoms with van der Waals surface area (Å²) in [4.78, 5) is 26.0. The molecule has 162 valence electrons. The molecule has 1 atom stereocenters. The topological polar surface area (TPSA) is 56.0 Å². The average molecular weight is 454 g/mol. The van der Waals surface area contributed by atoms with Gasteiger partial charge in [-0.2, -0.15) is 0 Å². The summed E-state index contributed by atoms with van der Waals surface area (Å²) < 4.78 is 7.73. The second-order valence-electron chi connectivity index (χ2n) is 7.81. The summed E-state index contributed by atoms with van der Waals surface area (Å²) in [6.07, 6.45) is 3.80. The van der Waals surface area contributed by atoms with Crippen LogP contribution in [0.3, 0.4) is 0 Å². The lowest BCUT2D eigenvalue weighted by Gasteiger charge is -2.17. The van der Waals surface area contributed by atoms with E-state index in [4.69, 9.17) is 0 Å². The van der Waals surface area contributed by atoms with Gasteiger partial charge in [0.2, 0.25) is 5.91 Å². The van der Waals surface area contributed by atoms with Crippen LogP contribution < -0.4 is 10.4 Å². The highest BCUT2D eigenvalue weighted by molar-refractivity contribution is 7.97. The summed E-state index contributed by atoms with van der Waals surface area (Å²) in [6.45, 7) is 4.73. The first-order chi connectivity index (χ1) is 15.0. The zero-order chi connectivity index (χ0) is 22.0. The zero-order valence-electron chi connectivity index (χ0n) is 18.1. The van der Waals surface area contributed by atoms with E-state index in [1.54, 1.807) is 11.3 Å². The van der Waals surface area contributed by atoms with Crippen molar-refractivity contribution in [2.24, 2.45) is 0 Å². The number of imidazole rings is 1. The fourth-order valence-electron chi connectivity index (χ4n) is 4.39. The summed E-state index contributed by atoms with van der Waals surface area (Å²) in [6, 6.07) is 14.1. The van der Waals surface area contributed by atoms with Gasteiger partial charge in [0.05, 0.1) is 17.6 Å². The van der Waals surface area contributed by atoms with Crippen molar-refractivity contribution < 1.29 is 4.79 Å². The number of nitrogens with zero attached hydrogens (tertiary/aromatic N) is 2. The van der Waals surface area contributed by atoms with E-state index in [0.717, 1.165) is 29.4 Å². The van der Waals surface area contributed by atoms with E-state index in [2.05, 4.69) is 42.1 Å². The first-order valence-electron chi connectivity index (χ1n) is 10.5. The molecule has 0 aliphatic heterocycles. The van der Waals surface area contributed by atoms with E-state index >= 15 is 0 Å². The molecule has 2 heterocycles. The van der Waals surface area contributed by atoms with Gasteiger partial charge in [0.25, 0.3) is 0 Å². The van der Waals surface area contributed by atoms with Crippen LogP contribution in [0.15, 0.2) is 52.6 Å². The number of aromatic nitrogens is 2. The van der Waals surface area contributed by atoms with Crippen molar-refractivity contribution in [2.45, 2.75) is 45.7 Å². The van der Waals surface area contributed by atoms with Crippen molar-refractivity contribution in [3.8, 4) is 0 Å². The van der Waals surface area contributed by atoms with Crippen LogP contribution in [0.4, 0.5) is 0 Å². The number of rotatable bonds is 8. The Morgan fingerprint density at radius 2 is 1.94 bits per heavy atom. The van der Waals surface area contributed by atoms with Crippen molar-refractivity contribution in [3.05, 3.63) is 69.5 Å². The Morgan fingerprint density at radius 1 is 1.16 bits per heavy atom. The Balaban J connectivity index is 1.83. The molecule has 2 aromatic carbocycles. The van der Waals surface area contributed by atoms with E-state index in [9.17, 15) is 9.59 Å². The monoisotopic (exact) mass is 453 g/mol. The third-order valence-electron chi connectivity index (χ3n) is 5.71. The predicted molar refractivity (Wildman–Crippen MR) is 132 cm³/mol. The highest BCUT2D eigenvalue weighted by Crippen LogP contribution is 2.30. The summed E-state index contributed by atoms with van der Waals surface area (Å²) in [5.41, 5.74) is 4.13. The summed E-state index contributed by atoms with van der Waals surface area (Å²) in [5, 5.41) is 3.40. The van der Waals surface area contributed by atoms with E-state index in [1.165, 1.54) is 27.6 Å². The lowest BCUT2D eigenvalue weighted by Crippen LogP contribution is -2.30. The summed E-state index contributed by atoms with van der Waals surface area (Å²) >= 11 is 3.01. The molecule has 7 heteroatoms. The predicted octanol–water partition coefficient (Wildman–Crippen LogP) is 5.50. The molecule has 0 radical (unpaired) electrons. The smallest absolute Gasteiger partial charge is 0.300 e. The van der Waals surface area contributed by atoms with E-state index < -0.39 is 0 Å². The lowest BCUT2D eigenvalue weighted by atomic mass is 10.1. The summed E-state index contributed by atoms with van der Waals surface area (Å²) in [7, 11) is 0. The maximum atomic E-state index is 13.7. The number of hydrogen-bond donors (Lipinski definition) is 1. The second kappa shape index (κ2) is 9.32.